The third kappa shape index (κ3) is 3.44. The van der Waals surface area contributed by atoms with E-state index in [-0.39, 0.29) is 0 Å². The maximum absolute atomic E-state index is 6.11. The standard InChI is InChI=1S/C12H24N2O/c13-12(14)8-6-11(7-9-12)15-10-4-2-1-3-5-10/h10-11H,1-9,13-14H2. The van der Waals surface area contributed by atoms with E-state index in [2.05, 4.69) is 0 Å². The molecule has 0 unspecified atom stereocenters. The van der Waals surface area contributed by atoms with Gasteiger partial charge in [0, 0.05) is 0 Å². The molecule has 0 aromatic carbocycles. The van der Waals surface area contributed by atoms with E-state index in [1.165, 1.54) is 32.1 Å². The van der Waals surface area contributed by atoms with Crippen molar-refractivity contribution in [1.29, 1.82) is 0 Å². The second-order valence-corrected chi connectivity index (χ2v) is 5.33. The molecule has 0 aromatic heterocycles. The molecule has 2 aliphatic carbocycles. The van der Waals surface area contributed by atoms with Crippen LogP contribution in [0.4, 0.5) is 0 Å². The normalized spacial score (nSPS) is 29.2. The smallest absolute Gasteiger partial charge is 0.0638 e. The Morgan fingerprint density at radius 1 is 0.800 bits per heavy atom. The van der Waals surface area contributed by atoms with Crippen LogP contribution >= 0.6 is 0 Å². The summed E-state index contributed by atoms with van der Waals surface area (Å²) in [5, 5.41) is 0. The highest BCUT2D eigenvalue weighted by Crippen LogP contribution is 2.28. The van der Waals surface area contributed by atoms with Gasteiger partial charge in [-0.05, 0) is 38.5 Å². The second kappa shape index (κ2) is 4.81. The molecule has 3 heteroatoms. The molecule has 0 atom stereocenters. The van der Waals surface area contributed by atoms with Crippen LogP contribution in [0.25, 0.3) is 0 Å². The van der Waals surface area contributed by atoms with Gasteiger partial charge in [-0.3, -0.25) is 0 Å². The van der Waals surface area contributed by atoms with Crippen LogP contribution in [0, 0.1) is 0 Å². The summed E-state index contributed by atoms with van der Waals surface area (Å²) in [7, 11) is 0. The highest BCUT2D eigenvalue weighted by Gasteiger charge is 2.29. The van der Waals surface area contributed by atoms with Gasteiger partial charge in [-0.25, -0.2) is 0 Å². The monoisotopic (exact) mass is 212 g/mol. The number of hydrogen-bond acceptors (Lipinski definition) is 3. The Morgan fingerprint density at radius 3 is 1.93 bits per heavy atom. The minimum absolute atomic E-state index is 0.424. The van der Waals surface area contributed by atoms with Crippen molar-refractivity contribution in [2.75, 3.05) is 0 Å². The highest BCUT2D eigenvalue weighted by molar-refractivity contribution is 4.85. The summed E-state index contributed by atoms with van der Waals surface area (Å²) in [5.41, 5.74) is 11.4. The Hall–Kier alpha value is -0.120. The summed E-state index contributed by atoms with van der Waals surface area (Å²) in [6.07, 6.45) is 11.4. The fourth-order valence-corrected chi connectivity index (χ4v) is 2.74. The summed E-state index contributed by atoms with van der Waals surface area (Å²) >= 11 is 0. The zero-order valence-electron chi connectivity index (χ0n) is 9.58. The first-order chi connectivity index (χ1) is 7.16. The van der Waals surface area contributed by atoms with Crippen molar-refractivity contribution in [3.8, 4) is 0 Å². The molecule has 15 heavy (non-hydrogen) atoms. The van der Waals surface area contributed by atoms with Crippen molar-refractivity contribution in [2.45, 2.75) is 75.7 Å². The van der Waals surface area contributed by atoms with Crippen LogP contribution in [0.5, 0.6) is 0 Å². The third-order valence-electron chi connectivity index (χ3n) is 3.80. The van der Waals surface area contributed by atoms with E-state index in [0.717, 1.165) is 25.7 Å². The van der Waals surface area contributed by atoms with E-state index in [1.807, 2.05) is 0 Å². The summed E-state index contributed by atoms with van der Waals surface area (Å²) in [5.74, 6) is 0. The van der Waals surface area contributed by atoms with E-state index in [9.17, 15) is 0 Å². The molecule has 0 saturated heterocycles. The topological polar surface area (TPSA) is 61.3 Å². The molecule has 0 bridgehead atoms. The number of ether oxygens (including phenoxy) is 1. The predicted molar refractivity (Wildman–Crippen MR) is 61.3 cm³/mol. The number of rotatable bonds is 2. The van der Waals surface area contributed by atoms with Gasteiger partial charge in [0.05, 0.1) is 17.9 Å². The summed E-state index contributed by atoms with van der Waals surface area (Å²) < 4.78 is 6.11. The van der Waals surface area contributed by atoms with Crippen LogP contribution in [0.3, 0.4) is 0 Å². The molecule has 88 valence electrons. The Labute approximate surface area is 92.5 Å². The lowest BCUT2D eigenvalue weighted by molar-refractivity contribution is -0.0529. The molecule has 2 fully saturated rings. The lowest BCUT2D eigenvalue weighted by Crippen LogP contribution is -2.52. The van der Waals surface area contributed by atoms with Crippen LogP contribution in [0.15, 0.2) is 0 Å². The molecular formula is C12H24N2O. The fourth-order valence-electron chi connectivity index (χ4n) is 2.74. The Morgan fingerprint density at radius 2 is 1.33 bits per heavy atom. The zero-order chi connectivity index (χ0) is 10.7. The maximum Gasteiger partial charge on any atom is 0.0638 e. The van der Waals surface area contributed by atoms with Crippen molar-refractivity contribution >= 4 is 0 Å². The van der Waals surface area contributed by atoms with Gasteiger partial charge in [0.25, 0.3) is 0 Å². The van der Waals surface area contributed by atoms with Crippen molar-refractivity contribution in [1.82, 2.24) is 0 Å². The first-order valence-corrected chi connectivity index (χ1v) is 6.39. The molecule has 0 spiro atoms. The molecule has 2 rings (SSSR count). The molecule has 0 amide bonds. The van der Waals surface area contributed by atoms with Gasteiger partial charge in [-0.15, -0.1) is 0 Å². The molecule has 0 aliphatic heterocycles. The maximum atomic E-state index is 6.11. The van der Waals surface area contributed by atoms with Gasteiger partial charge in [0.1, 0.15) is 0 Å². The van der Waals surface area contributed by atoms with E-state index < -0.39 is 5.66 Å². The molecular weight excluding hydrogens is 188 g/mol. The lowest BCUT2D eigenvalue weighted by atomic mass is 9.88. The SMILES string of the molecule is NC1(N)CCC(OC2CCCCC2)CC1. The largest absolute Gasteiger partial charge is 0.375 e. The van der Waals surface area contributed by atoms with E-state index in [0.29, 0.717) is 12.2 Å². The molecule has 0 aromatic rings. The van der Waals surface area contributed by atoms with Gasteiger partial charge in [-0.2, -0.15) is 0 Å². The minimum atomic E-state index is -0.424. The van der Waals surface area contributed by atoms with Gasteiger partial charge in [0.15, 0.2) is 0 Å². The van der Waals surface area contributed by atoms with Crippen LogP contribution in [0.1, 0.15) is 57.8 Å². The first-order valence-electron chi connectivity index (χ1n) is 6.39. The van der Waals surface area contributed by atoms with Crippen molar-refractivity contribution in [3.63, 3.8) is 0 Å². The average molecular weight is 212 g/mol. The highest BCUT2D eigenvalue weighted by atomic mass is 16.5. The Kier molecular flexibility index (Phi) is 3.65. The average Bonchev–Trinajstić information content (AvgIpc) is 2.23. The van der Waals surface area contributed by atoms with E-state index in [4.69, 9.17) is 16.2 Å². The van der Waals surface area contributed by atoms with Crippen LogP contribution in [-0.2, 0) is 4.74 Å². The summed E-state index contributed by atoms with van der Waals surface area (Å²) in [4.78, 5) is 0. The molecule has 0 heterocycles. The molecule has 2 saturated carbocycles. The van der Waals surface area contributed by atoms with Crippen molar-refractivity contribution < 1.29 is 4.74 Å². The quantitative estimate of drug-likeness (QED) is 0.687. The van der Waals surface area contributed by atoms with Crippen LogP contribution in [-0.4, -0.2) is 17.9 Å². The fraction of sp³-hybridized carbons (Fsp3) is 1.00. The second-order valence-electron chi connectivity index (χ2n) is 5.33. The third-order valence-corrected chi connectivity index (χ3v) is 3.80. The van der Waals surface area contributed by atoms with Crippen molar-refractivity contribution in [3.05, 3.63) is 0 Å². The minimum Gasteiger partial charge on any atom is -0.375 e. The molecule has 0 radical (unpaired) electrons. The van der Waals surface area contributed by atoms with E-state index in [1.54, 1.807) is 0 Å². The van der Waals surface area contributed by atoms with Crippen LogP contribution in [0.2, 0.25) is 0 Å². The summed E-state index contributed by atoms with van der Waals surface area (Å²) in [6.45, 7) is 0. The Bertz CT molecular complexity index is 190. The molecule has 3 nitrogen and oxygen atoms in total. The lowest BCUT2D eigenvalue weighted by Gasteiger charge is -2.36. The summed E-state index contributed by atoms with van der Waals surface area (Å²) in [6, 6.07) is 0. The Balaban J connectivity index is 1.71. The molecule has 4 N–H and O–H groups in total. The van der Waals surface area contributed by atoms with Crippen molar-refractivity contribution in [2.24, 2.45) is 11.5 Å². The van der Waals surface area contributed by atoms with Gasteiger partial charge in [0.2, 0.25) is 0 Å². The predicted octanol–water partition coefficient (Wildman–Crippen LogP) is 1.89. The zero-order valence-corrected chi connectivity index (χ0v) is 9.58. The number of nitrogens with two attached hydrogens (primary N) is 2. The van der Waals surface area contributed by atoms with Crippen LogP contribution < -0.4 is 11.5 Å². The van der Waals surface area contributed by atoms with Gasteiger partial charge >= 0.3 is 0 Å². The number of hydrogen-bond donors (Lipinski definition) is 2. The van der Waals surface area contributed by atoms with Gasteiger partial charge < -0.3 is 16.2 Å². The van der Waals surface area contributed by atoms with E-state index >= 15 is 0 Å². The van der Waals surface area contributed by atoms with Gasteiger partial charge in [-0.1, -0.05) is 19.3 Å². The first kappa shape index (κ1) is 11.4. The molecule has 2 aliphatic rings.